The van der Waals surface area contributed by atoms with Gasteiger partial charge in [-0.25, -0.2) is 4.79 Å². The van der Waals surface area contributed by atoms with Crippen LogP contribution in [0.15, 0.2) is 0 Å². The Morgan fingerprint density at radius 2 is 1.67 bits per heavy atom. The van der Waals surface area contributed by atoms with Crippen LogP contribution in [-0.4, -0.2) is 51.8 Å². The summed E-state index contributed by atoms with van der Waals surface area (Å²) in [5.41, 5.74) is -0.830. The number of urea groups is 1. The molecule has 6 nitrogen and oxygen atoms in total. The van der Waals surface area contributed by atoms with E-state index in [0.717, 1.165) is 44.9 Å². The first-order valence-electron chi connectivity index (χ1n) is 10.7. The molecule has 1 N–H and O–H groups in total. The number of hydrogen-bond donors (Lipinski definition) is 1. The monoisotopic (exact) mass is 377 g/mol. The second-order valence-electron chi connectivity index (χ2n) is 9.11. The molecule has 3 aliphatic rings. The third-order valence-electron chi connectivity index (χ3n) is 7.09. The first-order valence-corrected chi connectivity index (χ1v) is 10.7. The van der Waals surface area contributed by atoms with Crippen LogP contribution in [0.3, 0.4) is 0 Å². The van der Waals surface area contributed by atoms with E-state index in [-0.39, 0.29) is 42.3 Å². The van der Waals surface area contributed by atoms with Crippen molar-refractivity contribution >= 4 is 17.8 Å². The van der Waals surface area contributed by atoms with Gasteiger partial charge in [0, 0.05) is 12.1 Å². The topological polar surface area (TPSA) is 69.7 Å². The zero-order valence-electron chi connectivity index (χ0n) is 17.3. The maximum Gasteiger partial charge on any atom is 0.325 e. The normalized spacial score (nSPS) is 32.3. The van der Waals surface area contributed by atoms with E-state index in [4.69, 9.17) is 0 Å². The number of carbonyl (C=O) groups excluding carboxylic acids is 3. The molecule has 6 heteroatoms. The molecule has 0 aromatic carbocycles. The SMILES string of the molecule is CC(C)N(C(=O)CN1C(=O)NC2(C1=O)C(C)CCCC2C)C1CCCCC1. The number of imide groups is 1. The Labute approximate surface area is 163 Å². The van der Waals surface area contributed by atoms with Gasteiger partial charge in [0.25, 0.3) is 5.91 Å². The largest absolute Gasteiger partial charge is 0.336 e. The summed E-state index contributed by atoms with van der Waals surface area (Å²) in [6, 6.07) is -0.0994. The highest BCUT2D eigenvalue weighted by Crippen LogP contribution is 2.42. The van der Waals surface area contributed by atoms with Crippen LogP contribution in [0.4, 0.5) is 4.79 Å². The number of hydrogen-bond acceptors (Lipinski definition) is 3. The second kappa shape index (κ2) is 7.80. The Kier molecular flexibility index (Phi) is 5.82. The van der Waals surface area contributed by atoms with Crippen LogP contribution in [-0.2, 0) is 9.59 Å². The van der Waals surface area contributed by atoms with Gasteiger partial charge in [-0.1, -0.05) is 39.5 Å². The molecule has 2 atom stereocenters. The first-order chi connectivity index (χ1) is 12.8. The molecule has 2 aliphatic carbocycles. The average molecular weight is 378 g/mol. The Hall–Kier alpha value is -1.59. The zero-order chi connectivity index (χ0) is 19.8. The van der Waals surface area contributed by atoms with Crippen LogP contribution in [0.2, 0.25) is 0 Å². The molecule has 0 aromatic heterocycles. The maximum atomic E-state index is 13.3. The third kappa shape index (κ3) is 3.47. The van der Waals surface area contributed by atoms with Crippen molar-refractivity contribution in [3.05, 3.63) is 0 Å². The number of nitrogens with zero attached hydrogens (tertiary/aromatic N) is 2. The van der Waals surface area contributed by atoms with Crippen LogP contribution in [0.1, 0.15) is 79.1 Å². The molecule has 1 spiro atoms. The highest BCUT2D eigenvalue weighted by atomic mass is 16.2. The molecule has 3 rings (SSSR count). The summed E-state index contributed by atoms with van der Waals surface area (Å²) < 4.78 is 0. The smallest absolute Gasteiger partial charge is 0.325 e. The minimum Gasteiger partial charge on any atom is -0.336 e. The predicted octanol–water partition coefficient (Wildman–Crippen LogP) is 3.30. The molecule has 1 saturated heterocycles. The van der Waals surface area contributed by atoms with Gasteiger partial charge in [-0.05, 0) is 51.4 Å². The quantitative estimate of drug-likeness (QED) is 0.764. The number of rotatable bonds is 4. The summed E-state index contributed by atoms with van der Waals surface area (Å²) in [7, 11) is 0. The molecule has 1 heterocycles. The number of nitrogens with one attached hydrogen (secondary N) is 1. The van der Waals surface area contributed by atoms with E-state index in [1.165, 1.54) is 11.3 Å². The van der Waals surface area contributed by atoms with Crippen molar-refractivity contribution in [2.45, 2.75) is 96.7 Å². The molecule has 152 valence electrons. The van der Waals surface area contributed by atoms with E-state index in [1.54, 1.807) is 0 Å². The van der Waals surface area contributed by atoms with Gasteiger partial charge in [0.15, 0.2) is 0 Å². The summed E-state index contributed by atoms with van der Waals surface area (Å²) in [6.07, 6.45) is 8.47. The van der Waals surface area contributed by atoms with Gasteiger partial charge in [0.2, 0.25) is 5.91 Å². The molecule has 4 amide bonds. The van der Waals surface area contributed by atoms with Gasteiger partial charge in [-0.15, -0.1) is 0 Å². The fourth-order valence-electron chi connectivity index (χ4n) is 5.59. The van der Waals surface area contributed by atoms with Crippen molar-refractivity contribution in [2.75, 3.05) is 6.54 Å². The van der Waals surface area contributed by atoms with Crippen molar-refractivity contribution in [1.29, 1.82) is 0 Å². The zero-order valence-corrected chi connectivity index (χ0v) is 17.3. The Morgan fingerprint density at radius 3 is 2.22 bits per heavy atom. The maximum absolute atomic E-state index is 13.3. The van der Waals surface area contributed by atoms with Crippen LogP contribution in [0, 0.1) is 11.8 Å². The lowest BCUT2D eigenvalue weighted by atomic mass is 9.67. The lowest BCUT2D eigenvalue weighted by Gasteiger charge is -2.42. The molecular weight excluding hydrogens is 342 g/mol. The summed E-state index contributed by atoms with van der Waals surface area (Å²) in [4.78, 5) is 42.2. The number of carbonyl (C=O) groups is 3. The van der Waals surface area contributed by atoms with E-state index < -0.39 is 11.6 Å². The van der Waals surface area contributed by atoms with Gasteiger partial charge < -0.3 is 10.2 Å². The molecule has 27 heavy (non-hydrogen) atoms. The minimum absolute atomic E-state index is 0.0721. The summed E-state index contributed by atoms with van der Waals surface area (Å²) >= 11 is 0. The molecule has 2 saturated carbocycles. The van der Waals surface area contributed by atoms with E-state index in [9.17, 15) is 14.4 Å². The molecular formula is C21H35N3O3. The van der Waals surface area contributed by atoms with Gasteiger partial charge in [-0.2, -0.15) is 0 Å². The summed E-state index contributed by atoms with van der Waals surface area (Å²) in [5.74, 6) is -0.115. The van der Waals surface area contributed by atoms with Crippen molar-refractivity contribution in [3.63, 3.8) is 0 Å². The minimum atomic E-state index is -0.830. The average Bonchev–Trinajstić information content (AvgIpc) is 2.86. The fraction of sp³-hybridized carbons (Fsp3) is 0.857. The van der Waals surface area contributed by atoms with Crippen LogP contribution in [0.5, 0.6) is 0 Å². The highest BCUT2D eigenvalue weighted by molar-refractivity contribution is 6.09. The van der Waals surface area contributed by atoms with Gasteiger partial charge in [0.1, 0.15) is 12.1 Å². The molecule has 0 radical (unpaired) electrons. The van der Waals surface area contributed by atoms with Crippen LogP contribution in [0.25, 0.3) is 0 Å². The van der Waals surface area contributed by atoms with Crippen molar-refractivity contribution in [1.82, 2.24) is 15.1 Å². The van der Waals surface area contributed by atoms with Crippen molar-refractivity contribution in [2.24, 2.45) is 11.8 Å². The Bertz CT molecular complexity index is 587. The molecule has 3 fully saturated rings. The van der Waals surface area contributed by atoms with Gasteiger partial charge >= 0.3 is 6.03 Å². The Balaban J connectivity index is 1.77. The Morgan fingerprint density at radius 1 is 1.07 bits per heavy atom. The van der Waals surface area contributed by atoms with E-state index >= 15 is 0 Å². The number of amides is 4. The molecule has 1 aliphatic heterocycles. The van der Waals surface area contributed by atoms with E-state index in [2.05, 4.69) is 5.32 Å². The van der Waals surface area contributed by atoms with Crippen LogP contribution < -0.4 is 5.32 Å². The summed E-state index contributed by atoms with van der Waals surface area (Å²) in [5, 5.41) is 2.99. The fourth-order valence-corrected chi connectivity index (χ4v) is 5.59. The highest BCUT2D eigenvalue weighted by Gasteiger charge is 2.58. The molecule has 0 bridgehead atoms. The van der Waals surface area contributed by atoms with E-state index in [0.29, 0.717) is 0 Å². The van der Waals surface area contributed by atoms with Gasteiger partial charge in [-0.3, -0.25) is 14.5 Å². The third-order valence-corrected chi connectivity index (χ3v) is 7.09. The lowest BCUT2D eigenvalue weighted by Crippen LogP contribution is -2.59. The standard InChI is InChI=1S/C21H35N3O3/c1-14(2)24(17-11-6-5-7-12-17)18(25)13-23-19(26)21(22-20(23)27)15(3)9-8-10-16(21)4/h14-17H,5-13H2,1-4H3,(H,22,27). The van der Waals surface area contributed by atoms with Crippen LogP contribution >= 0.6 is 0 Å². The second-order valence-corrected chi connectivity index (χ2v) is 9.11. The first kappa shape index (κ1) is 20.2. The molecule has 0 aromatic rings. The summed E-state index contributed by atoms with van der Waals surface area (Å²) in [6.45, 7) is 7.99. The lowest BCUT2D eigenvalue weighted by molar-refractivity contribution is -0.144. The predicted molar refractivity (Wildman–Crippen MR) is 104 cm³/mol. The van der Waals surface area contributed by atoms with E-state index in [1.807, 2.05) is 32.6 Å². The van der Waals surface area contributed by atoms with Gasteiger partial charge in [0.05, 0.1) is 0 Å². The van der Waals surface area contributed by atoms with Crippen molar-refractivity contribution in [3.8, 4) is 0 Å². The van der Waals surface area contributed by atoms with Crippen molar-refractivity contribution < 1.29 is 14.4 Å². The molecule has 2 unspecified atom stereocenters.